The van der Waals surface area contributed by atoms with Crippen LogP contribution in [-0.2, 0) is 25.1 Å². The molecule has 0 saturated carbocycles. The smallest absolute Gasteiger partial charge is 0.253 e. The second-order valence-electron chi connectivity index (χ2n) is 7.51. The molecule has 0 bridgehead atoms. The van der Waals surface area contributed by atoms with Gasteiger partial charge in [0.25, 0.3) is 5.91 Å². The lowest BCUT2D eigenvalue weighted by Crippen LogP contribution is -2.41. The number of hydrogen-bond donors (Lipinski definition) is 0. The van der Waals surface area contributed by atoms with Gasteiger partial charge in [-0.25, -0.2) is 8.42 Å². The van der Waals surface area contributed by atoms with Crippen LogP contribution in [-0.4, -0.2) is 51.8 Å². The Morgan fingerprint density at radius 3 is 2.17 bits per heavy atom. The number of rotatable bonds is 5. The molecule has 2 aromatic carbocycles. The average molecular weight is 416 g/mol. The third-order valence-electron chi connectivity index (χ3n) is 5.52. The average Bonchev–Trinajstić information content (AvgIpc) is 3.29. The van der Waals surface area contributed by atoms with Crippen molar-refractivity contribution >= 4 is 15.7 Å². The summed E-state index contributed by atoms with van der Waals surface area (Å²) in [5.74, 6) is 0.236. The van der Waals surface area contributed by atoms with E-state index in [0.29, 0.717) is 48.2 Å². The molecule has 7 heteroatoms. The predicted molar refractivity (Wildman–Crippen MR) is 108 cm³/mol. The van der Waals surface area contributed by atoms with Gasteiger partial charge in [0.15, 0.2) is 16.1 Å². The van der Waals surface area contributed by atoms with Gasteiger partial charge in [0.05, 0.1) is 23.9 Å². The van der Waals surface area contributed by atoms with E-state index in [0.717, 1.165) is 12.8 Å². The quantitative estimate of drug-likeness (QED) is 0.751. The molecule has 2 aliphatic rings. The zero-order valence-corrected chi connectivity index (χ0v) is 17.0. The highest BCUT2D eigenvalue weighted by molar-refractivity contribution is 7.90. The van der Waals surface area contributed by atoms with Crippen LogP contribution in [0.5, 0.6) is 0 Å². The number of sulfone groups is 1. The van der Waals surface area contributed by atoms with Crippen LogP contribution in [0.3, 0.4) is 0 Å². The van der Waals surface area contributed by atoms with Crippen LogP contribution in [0.1, 0.15) is 28.8 Å². The van der Waals surface area contributed by atoms with Crippen LogP contribution in [0.25, 0.3) is 0 Å². The zero-order chi connectivity index (χ0) is 20.3. The predicted octanol–water partition coefficient (Wildman–Crippen LogP) is 2.89. The molecule has 1 amide bonds. The third-order valence-corrected chi connectivity index (χ3v) is 7.22. The number of ether oxygens (including phenoxy) is 2. The Morgan fingerprint density at radius 1 is 0.931 bits per heavy atom. The number of carbonyl (C=O) groups is 1. The van der Waals surface area contributed by atoms with E-state index in [1.54, 1.807) is 54.6 Å². The Bertz CT molecular complexity index is 929. The molecule has 2 aromatic rings. The summed E-state index contributed by atoms with van der Waals surface area (Å²) in [5, 5.41) is 0. The van der Waals surface area contributed by atoms with Crippen molar-refractivity contribution in [2.75, 3.05) is 26.3 Å². The van der Waals surface area contributed by atoms with Gasteiger partial charge in [-0.15, -0.1) is 0 Å². The van der Waals surface area contributed by atoms with Gasteiger partial charge in [0.2, 0.25) is 0 Å². The van der Waals surface area contributed by atoms with Crippen molar-refractivity contribution in [3.8, 4) is 0 Å². The number of likely N-dealkylation sites (tertiary alicyclic amines) is 1. The summed E-state index contributed by atoms with van der Waals surface area (Å²) < 4.78 is 36.2. The molecule has 2 saturated heterocycles. The molecule has 6 nitrogen and oxygen atoms in total. The van der Waals surface area contributed by atoms with Crippen LogP contribution >= 0.6 is 0 Å². The second-order valence-corrected chi connectivity index (χ2v) is 9.50. The molecule has 0 unspecified atom stereocenters. The summed E-state index contributed by atoms with van der Waals surface area (Å²) >= 11 is 0. The highest BCUT2D eigenvalue weighted by atomic mass is 32.2. The fourth-order valence-electron chi connectivity index (χ4n) is 3.88. The topological polar surface area (TPSA) is 72.9 Å². The normalized spacial score (nSPS) is 18.8. The van der Waals surface area contributed by atoms with Crippen molar-refractivity contribution in [2.45, 2.75) is 29.8 Å². The summed E-state index contributed by atoms with van der Waals surface area (Å²) in [6.07, 6.45) is 1.60. The minimum atomic E-state index is -3.40. The maximum atomic E-state index is 12.8. The van der Waals surface area contributed by atoms with E-state index >= 15 is 0 Å². The lowest BCUT2D eigenvalue weighted by molar-refractivity contribution is -0.0956. The Hall–Kier alpha value is -2.22. The summed E-state index contributed by atoms with van der Waals surface area (Å²) in [7, 11) is -3.40. The number of benzene rings is 2. The van der Waals surface area contributed by atoms with Crippen molar-refractivity contribution in [1.82, 2.24) is 4.90 Å². The molecule has 0 aliphatic carbocycles. The Kier molecular flexibility index (Phi) is 5.99. The first-order valence-electron chi connectivity index (χ1n) is 9.92. The van der Waals surface area contributed by atoms with Crippen molar-refractivity contribution in [2.24, 2.45) is 5.92 Å². The Balaban J connectivity index is 1.36. The van der Waals surface area contributed by atoms with E-state index in [9.17, 15) is 13.2 Å². The van der Waals surface area contributed by atoms with Gasteiger partial charge in [-0.05, 0) is 42.7 Å². The van der Waals surface area contributed by atoms with Crippen LogP contribution in [0.2, 0.25) is 0 Å². The Labute approximate surface area is 171 Å². The number of amides is 1. The lowest BCUT2D eigenvalue weighted by atomic mass is 9.95. The van der Waals surface area contributed by atoms with Gasteiger partial charge >= 0.3 is 0 Å². The van der Waals surface area contributed by atoms with Gasteiger partial charge in [-0.2, -0.15) is 0 Å². The largest absolute Gasteiger partial charge is 0.350 e. The zero-order valence-electron chi connectivity index (χ0n) is 16.2. The van der Waals surface area contributed by atoms with Gasteiger partial charge in [0, 0.05) is 24.6 Å². The van der Waals surface area contributed by atoms with E-state index in [-0.39, 0.29) is 18.0 Å². The molecule has 2 aliphatic heterocycles. The molecule has 154 valence electrons. The second kappa shape index (κ2) is 8.65. The van der Waals surface area contributed by atoms with Gasteiger partial charge < -0.3 is 14.4 Å². The Morgan fingerprint density at radius 2 is 1.55 bits per heavy atom. The molecule has 0 radical (unpaired) electrons. The first-order chi connectivity index (χ1) is 14.0. The molecule has 4 rings (SSSR count). The lowest BCUT2D eigenvalue weighted by Gasteiger charge is -2.33. The number of piperidine rings is 1. The highest BCUT2D eigenvalue weighted by Crippen LogP contribution is 2.26. The molecule has 2 heterocycles. The van der Waals surface area contributed by atoms with E-state index in [1.807, 2.05) is 4.90 Å². The SMILES string of the molecule is O=C(c1ccc(CS(=O)(=O)c2ccccc2)cc1)N1CCC(C2OCCO2)CC1. The van der Waals surface area contributed by atoms with Crippen molar-refractivity contribution in [3.05, 3.63) is 65.7 Å². The van der Waals surface area contributed by atoms with E-state index in [1.165, 1.54) is 0 Å². The summed E-state index contributed by atoms with van der Waals surface area (Å²) in [6.45, 7) is 2.65. The molecule has 0 N–H and O–H groups in total. The highest BCUT2D eigenvalue weighted by Gasteiger charge is 2.32. The summed E-state index contributed by atoms with van der Waals surface area (Å²) in [5.41, 5.74) is 1.25. The monoisotopic (exact) mass is 415 g/mol. The van der Waals surface area contributed by atoms with E-state index in [4.69, 9.17) is 9.47 Å². The van der Waals surface area contributed by atoms with Crippen LogP contribution < -0.4 is 0 Å². The van der Waals surface area contributed by atoms with Crippen molar-refractivity contribution < 1.29 is 22.7 Å². The maximum absolute atomic E-state index is 12.8. The van der Waals surface area contributed by atoms with Crippen molar-refractivity contribution in [1.29, 1.82) is 0 Å². The standard InChI is InChI=1S/C22H25NO5S/c24-21(23-12-10-19(11-13-23)22-27-14-15-28-22)18-8-6-17(7-9-18)16-29(25,26)20-4-2-1-3-5-20/h1-9,19,22H,10-16H2. The fourth-order valence-corrected chi connectivity index (χ4v) is 5.25. The van der Waals surface area contributed by atoms with Crippen LogP contribution in [0.4, 0.5) is 0 Å². The van der Waals surface area contributed by atoms with Crippen LogP contribution in [0, 0.1) is 5.92 Å². The number of carbonyl (C=O) groups excluding carboxylic acids is 1. The molecular formula is C22H25NO5S. The maximum Gasteiger partial charge on any atom is 0.253 e. The molecule has 0 aromatic heterocycles. The molecule has 0 spiro atoms. The summed E-state index contributed by atoms with van der Waals surface area (Å²) in [6, 6.07) is 15.3. The molecule has 29 heavy (non-hydrogen) atoms. The van der Waals surface area contributed by atoms with Gasteiger partial charge in [-0.3, -0.25) is 4.79 Å². The molecular weight excluding hydrogens is 390 g/mol. The molecule has 0 atom stereocenters. The van der Waals surface area contributed by atoms with Crippen molar-refractivity contribution in [3.63, 3.8) is 0 Å². The number of nitrogens with zero attached hydrogens (tertiary/aromatic N) is 1. The van der Waals surface area contributed by atoms with Gasteiger partial charge in [0.1, 0.15) is 0 Å². The first kappa shape index (κ1) is 20.1. The summed E-state index contributed by atoms with van der Waals surface area (Å²) in [4.78, 5) is 14.9. The van der Waals surface area contributed by atoms with Gasteiger partial charge in [-0.1, -0.05) is 30.3 Å². The minimum Gasteiger partial charge on any atom is -0.350 e. The first-order valence-corrected chi connectivity index (χ1v) is 11.6. The van der Waals surface area contributed by atoms with E-state index in [2.05, 4.69) is 0 Å². The third kappa shape index (κ3) is 4.69. The number of hydrogen-bond acceptors (Lipinski definition) is 5. The van der Waals surface area contributed by atoms with Crippen LogP contribution in [0.15, 0.2) is 59.5 Å². The molecule has 2 fully saturated rings. The minimum absolute atomic E-state index is 0.0193. The van der Waals surface area contributed by atoms with E-state index < -0.39 is 9.84 Å². The fraction of sp³-hybridized carbons (Fsp3) is 0.409.